The Morgan fingerprint density at radius 3 is 2.28 bits per heavy atom. The number of ether oxygens (including phenoxy) is 2. The van der Waals surface area contributed by atoms with Gasteiger partial charge in [-0.2, -0.15) is 5.26 Å². The first-order valence-corrected chi connectivity index (χ1v) is 6.21. The summed E-state index contributed by atoms with van der Waals surface area (Å²) in [6.07, 6.45) is 3.68. The average Bonchev–Trinajstić information content (AvgIpc) is 2.46. The molecule has 1 aliphatic heterocycles. The van der Waals surface area contributed by atoms with Gasteiger partial charge in [-0.3, -0.25) is 0 Å². The fraction of sp³-hybridized carbons (Fsp3) is 0.500. The van der Waals surface area contributed by atoms with E-state index in [1.54, 1.807) is 20.3 Å². The van der Waals surface area contributed by atoms with Gasteiger partial charge in [0, 0.05) is 25.2 Å². The molecule has 0 unspecified atom stereocenters. The van der Waals surface area contributed by atoms with Crippen LogP contribution in [0.3, 0.4) is 0 Å². The Labute approximate surface area is 108 Å². The van der Waals surface area contributed by atoms with Gasteiger partial charge in [0.15, 0.2) is 0 Å². The summed E-state index contributed by atoms with van der Waals surface area (Å²) < 4.78 is 10.7. The second-order valence-electron chi connectivity index (χ2n) is 4.38. The van der Waals surface area contributed by atoms with Crippen molar-refractivity contribution in [2.24, 2.45) is 0 Å². The molecule has 1 saturated heterocycles. The first-order valence-electron chi connectivity index (χ1n) is 6.21. The number of hydrogen-bond acceptors (Lipinski definition) is 4. The minimum atomic E-state index is 0.509. The summed E-state index contributed by atoms with van der Waals surface area (Å²) in [6.45, 7) is 2.07. The Bertz CT molecular complexity index is 460. The van der Waals surface area contributed by atoms with Crippen LogP contribution in [0.1, 0.15) is 24.8 Å². The summed E-state index contributed by atoms with van der Waals surface area (Å²) in [6, 6.07) is 5.79. The van der Waals surface area contributed by atoms with Crippen molar-refractivity contribution >= 4 is 5.69 Å². The molecule has 96 valence electrons. The Balaban J connectivity index is 2.41. The first kappa shape index (κ1) is 12.6. The molecule has 1 aliphatic rings. The predicted molar refractivity (Wildman–Crippen MR) is 70.3 cm³/mol. The molecule has 0 aliphatic carbocycles. The van der Waals surface area contributed by atoms with Crippen LogP contribution >= 0.6 is 0 Å². The molecule has 2 rings (SSSR count). The molecule has 0 atom stereocenters. The number of methoxy groups -OCH3 is 2. The first-order chi connectivity index (χ1) is 8.80. The highest BCUT2D eigenvalue weighted by Gasteiger charge is 2.18. The number of nitrogens with zero attached hydrogens (tertiary/aromatic N) is 2. The van der Waals surface area contributed by atoms with E-state index in [0.717, 1.165) is 24.5 Å². The van der Waals surface area contributed by atoms with Crippen LogP contribution in [0.2, 0.25) is 0 Å². The van der Waals surface area contributed by atoms with E-state index in [1.807, 2.05) is 6.07 Å². The molecule has 1 aromatic rings. The third kappa shape index (κ3) is 2.35. The molecule has 0 spiro atoms. The fourth-order valence-electron chi connectivity index (χ4n) is 2.35. The van der Waals surface area contributed by atoms with Crippen molar-refractivity contribution < 1.29 is 9.47 Å². The molecule has 0 N–H and O–H groups in total. The maximum Gasteiger partial charge on any atom is 0.143 e. The summed E-state index contributed by atoms with van der Waals surface area (Å²) in [7, 11) is 3.22. The highest BCUT2D eigenvalue weighted by atomic mass is 16.5. The van der Waals surface area contributed by atoms with Gasteiger partial charge in [0.05, 0.1) is 25.5 Å². The Kier molecular flexibility index (Phi) is 3.93. The lowest BCUT2D eigenvalue weighted by molar-refractivity contribution is 0.400. The zero-order valence-corrected chi connectivity index (χ0v) is 10.9. The second-order valence-corrected chi connectivity index (χ2v) is 4.38. The number of benzene rings is 1. The zero-order chi connectivity index (χ0) is 13.0. The van der Waals surface area contributed by atoms with E-state index < -0.39 is 0 Å². The van der Waals surface area contributed by atoms with Crippen LogP contribution in [0.4, 0.5) is 5.69 Å². The minimum Gasteiger partial charge on any atom is -0.495 e. The topological polar surface area (TPSA) is 45.5 Å². The lowest BCUT2D eigenvalue weighted by Crippen LogP contribution is -2.29. The Morgan fingerprint density at radius 1 is 1.06 bits per heavy atom. The van der Waals surface area contributed by atoms with Gasteiger partial charge in [0.25, 0.3) is 0 Å². The van der Waals surface area contributed by atoms with E-state index >= 15 is 0 Å². The standard InChI is InChI=1S/C14H18N2O2/c1-17-13-9-12(16-6-4-3-5-7-16)14(18-2)8-11(13)10-15/h8-9H,3-7H2,1-2H3. The molecule has 4 heteroatoms. The van der Waals surface area contributed by atoms with Crippen molar-refractivity contribution in [2.75, 3.05) is 32.2 Å². The zero-order valence-electron chi connectivity index (χ0n) is 10.9. The molecule has 4 nitrogen and oxygen atoms in total. The van der Waals surface area contributed by atoms with Crippen LogP contribution in [0.15, 0.2) is 12.1 Å². The van der Waals surface area contributed by atoms with Crippen molar-refractivity contribution in [2.45, 2.75) is 19.3 Å². The van der Waals surface area contributed by atoms with Crippen LogP contribution in [0, 0.1) is 11.3 Å². The SMILES string of the molecule is COc1cc(N2CCCCC2)c(OC)cc1C#N. The lowest BCUT2D eigenvalue weighted by atomic mass is 10.1. The van der Waals surface area contributed by atoms with Crippen LogP contribution in [-0.2, 0) is 0 Å². The highest BCUT2D eigenvalue weighted by molar-refractivity contribution is 5.66. The number of nitriles is 1. The summed E-state index contributed by atoms with van der Waals surface area (Å²) in [4.78, 5) is 2.30. The van der Waals surface area contributed by atoms with Gasteiger partial charge in [-0.25, -0.2) is 0 Å². The molecule has 0 saturated carbocycles. The van der Waals surface area contributed by atoms with E-state index in [0.29, 0.717) is 11.3 Å². The van der Waals surface area contributed by atoms with Crippen molar-refractivity contribution in [3.63, 3.8) is 0 Å². The van der Waals surface area contributed by atoms with E-state index in [1.165, 1.54) is 19.3 Å². The smallest absolute Gasteiger partial charge is 0.143 e. The fourth-order valence-corrected chi connectivity index (χ4v) is 2.35. The molecular weight excluding hydrogens is 228 g/mol. The van der Waals surface area contributed by atoms with E-state index in [-0.39, 0.29) is 0 Å². The van der Waals surface area contributed by atoms with Gasteiger partial charge >= 0.3 is 0 Å². The predicted octanol–water partition coefficient (Wildman–Crippen LogP) is 2.57. The van der Waals surface area contributed by atoms with E-state index in [9.17, 15) is 0 Å². The summed E-state index contributed by atoms with van der Waals surface area (Å²) in [5.41, 5.74) is 1.53. The second kappa shape index (κ2) is 5.63. The molecule has 0 aromatic heterocycles. The van der Waals surface area contributed by atoms with E-state index in [2.05, 4.69) is 11.0 Å². The lowest BCUT2D eigenvalue weighted by Gasteiger charge is -2.30. The molecule has 1 fully saturated rings. The summed E-state index contributed by atoms with van der Waals surface area (Å²) >= 11 is 0. The third-order valence-electron chi connectivity index (χ3n) is 3.32. The van der Waals surface area contributed by atoms with Gasteiger partial charge in [-0.1, -0.05) is 0 Å². The van der Waals surface area contributed by atoms with E-state index in [4.69, 9.17) is 14.7 Å². The van der Waals surface area contributed by atoms with Gasteiger partial charge in [0.2, 0.25) is 0 Å². The van der Waals surface area contributed by atoms with Gasteiger partial charge in [-0.05, 0) is 19.3 Å². The number of anilines is 1. The number of rotatable bonds is 3. The monoisotopic (exact) mass is 246 g/mol. The summed E-state index contributed by atoms with van der Waals surface area (Å²) in [5, 5.41) is 9.07. The average molecular weight is 246 g/mol. The van der Waals surface area contributed by atoms with Crippen LogP contribution < -0.4 is 14.4 Å². The molecule has 18 heavy (non-hydrogen) atoms. The van der Waals surface area contributed by atoms with Crippen molar-refractivity contribution in [1.82, 2.24) is 0 Å². The number of hydrogen-bond donors (Lipinski definition) is 0. The van der Waals surface area contributed by atoms with Crippen molar-refractivity contribution in [3.8, 4) is 17.6 Å². The van der Waals surface area contributed by atoms with Gasteiger partial charge in [0.1, 0.15) is 17.6 Å². The molecule has 1 heterocycles. The highest BCUT2D eigenvalue weighted by Crippen LogP contribution is 2.36. The quantitative estimate of drug-likeness (QED) is 0.822. The normalized spacial score (nSPS) is 15.1. The molecule has 0 amide bonds. The molecule has 1 aromatic carbocycles. The van der Waals surface area contributed by atoms with Gasteiger partial charge < -0.3 is 14.4 Å². The van der Waals surface area contributed by atoms with Crippen LogP contribution in [0.25, 0.3) is 0 Å². The minimum absolute atomic E-state index is 0.509. The maximum atomic E-state index is 9.07. The molecular formula is C14H18N2O2. The number of piperidine rings is 1. The maximum absolute atomic E-state index is 9.07. The molecule has 0 bridgehead atoms. The summed E-state index contributed by atoms with van der Waals surface area (Å²) in [5.74, 6) is 1.35. The third-order valence-corrected chi connectivity index (χ3v) is 3.32. The van der Waals surface area contributed by atoms with Crippen molar-refractivity contribution in [3.05, 3.63) is 17.7 Å². The van der Waals surface area contributed by atoms with Crippen LogP contribution in [0.5, 0.6) is 11.5 Å². The Hall–Kier alpha value is -1.89. The van der Waals surface area contributed by atoms with Gasteiger partial charge in [-0.15, -0.1) is 0 Å². The van der Waals surface area contributed by atoms with Crippen LogP contribution in [-0.4, -0.2) is 27.3 Å². The Morgan fingerprint density at radius 2 is 1.72 bits per heavy atom. The molecule has 0 radical (unpaired) electrons. The van der Waals surface area contributed by atoms with Crippen molar-refractivity contribution in [1.29, 1.82) is 5.26 Å². The largest absolute Gasteiger partial charge is 0.495 e.